The summed E-state index contributed by atoms with van der Waals surface area (Å²) in [4.78, 5) is 30.2. The summed E-state index contributed by atoms with van der Waals surface area (Å²) in [6.45, 7) is 2.24. The lowest BCUT2D eigenvalue weighted by atomic mass is 10.4. The molecule has 3 rings (SSSR count). The number of hydrogen-bond donors (Lipinski definition) is 0. The summed E-state index contributed by atoms with van der Waals surface area (Å²) in [6, 6.07) is 0.558. The molecule has 2 aliphatic rings. The van der Waals surface area contributed by atoms with Gasteiger partial charge in [-0.3, -0.25) is 9.59 Å². The quantitative estimate of drug-likeness (QED) is 0.729. The molecule has 1 aromatic heterocycles. The van der Waals surface area contributed by atoms with Crippen LogP contribution in [-0.2, 0) is 9.53 Å². The van der Waals surface area contributed by atoms with Gasteiger partial charge < -0.3 is 14.2 Å². The molecule has 0 bridgehead atoms. The van der Waals surface area contributed by atoms with Crippen LogP contribution in [0.1, 0.15) is 38.6 Å². The summed E-state index contributed by atoms with van der Waals surface area (Å²) in [5.41, 5.74) is -0.0915. The monoisotopic (exact) mass is 277 g/mol. The van der Waals surface area contributed by atoms with Crippen LogP contribution in [-0.4, -0.2) is 34.7 Å². The predicted octanol–water partition coefficient (Wildman–Crippen LogP) is 1.11. The molecule has 2 fully saturated rings. The van der Waals surface area contributed by atoms with Gasteiger partial charge in [-0.15, -0.1) is 0 Å². The number of rotatable bonds is 6. The highest BCUT2D eigenvalue weighted by atomic mass is 16.5. The summed E-state index contributed by atoms with van der Waals surface area (Å²) >= 11 is 0. The molecule has 20 heavy (non-hydrogen) atoms. The van der Waals surface area contributed by atoms with Crippen LogP contribution in [0.25, 0.3) is 0 Å². The number of ether oxygens (including phenoxy) is 1. The van der Waals surface area contributed by atoms with Crippen LogP contribution in [0.15, 0.2) is 17.2 Å². The van der Waals surface area contributed by atoms with Gasteiger partial charge in [0.05, 0.1) is 6.61 Å². The van der Waals surface area contributed by atoms with Gasteiger partial charge in [0.1, 0.15) is 6.54 Å². The van der Waals surface area contributed by atoms with Gasteiger partial charge in [-0.05, 0) is 32.6 Å². The van der Waals surface area contributed by atoms with Crippen LogP contribution < -0.4 is 10.5 Å². The van der Waals surface area contributed by atoms with Crippen LogP contribution in [0.4, 0.5) is 5.82 Å². The molecule has 0 spiro atoms. The molecule has 0 radical (unpaired) electrons. The van der Waals surface area contributed by atoms with Gasteiger partial charge in [0, 0.05) is 24.5 Å². The van der Waals surface area contributed by atoms with E-state index in [0.29, 0.717) is 18.5 Å². The largest absolute Gasteiger partial charge is 0.465 e. The number of nitrogens with zero attached hydrogens (tertiary/aromatic N) is 3. The fraction of sp³-hybridized carbons (Fsp3) is 0.643. The van der Waals surface area contributed by atoms with E-state index in [1.54, 1.807) is 28.8 Å². The maximum atomic E-state index is 12.5. The van der Waals surface area contributed by atoms with E-state index in [9.17, 15) is 9.59 Å². The Hall–Kier alpha value is -1.85. The van der Waals surface area contributed by atoms with Gasteiger partial charge >= 0.3 is 5.97 Å². The number of aromatic nitrogens is 2. The average molecular weight is 277 g/mol. The third-order valence-corrected chi connectivity index (χ3v) is 3.65. The lowest BCUT2D eigenvalue weighted by Crippen LogP contribution is -2.38. The third kappa shape index (κ3) is 2.69. The van der Waals surface area contributed by atoms with Crippen molar-refractivity contribution >= 4 is 11.8 Å². The fourth-order valence-electron chi connectivity index (χ4n) is 2.36. The SMILES string of the molecule is CCOC(=O)CN(c1nccn(C2CC2)c1=O)C1CC1. The van der Waals surface area contributed by atoms with Crippen LogP contribution in [0, 0.1) is 0 Å². The van der Waals surface area contributed by atoms with Crippen molar-refractivity contribution in [1.29, 1.82) is 0 Å². The molecule has 0 aliphatic heterocycles. The van der Waals surface area contributed by atoms with Crippen LogP contribution in [0.2, 0.25) is 0 Å². The normalized spacial score (nSPS) is 17.9. The van der Waals surface area contributed by atoms with E-state index in [1.165, 1.54) is 0 Å². The van der Waals surface area contributed by atoms with Gasteiger partial charge in [-0.25, -0.2) is 4.98 Å². The summed E-state index contributed by atoms with van der Waals surface area (Å²) in [5.74, 6) is 0.0809. The first-order chi connectivity index (χ1) is 9.70. The summed E-state index contributed by atoms with van der Waals surface area (Å²) in [5, 5.41) is 0. The Kier molecular flexibility index (Phi) is 3.46. The van der Waals surface area contributed by atoms with E-state index in [4.69, 9.17) is 4.74 Å². The first kappa shape index (κ1) is 13.1. The van der Waals surface area contributed by atoms with Crippen molar-refractivity contribution in [2.45, 2.75) is 44.7 Å². The van der Waals surface area contributed by atoms with Crippen molar-refractivity contribution in [2.75, 3.05) is 18.1 Å². The average Bonchev–Trinajstić information content (AvgIpc) is 3.28. The number of anilines is 1. The minimum atomic E-state index is -0.303. The van der Waals surface area contributed by atoms with Gasteiger partial charge in [0.25, 0.3) is 5.56 Å². The number of esters is 1. The molecule has 2 saturated carbocycles. The molecule has 0 saturated heterocycles. The molecule has 0 N–H and O–H groups in total. The molecular weight excluding hydrogens is 258 g/mol. The maximum absolute atomic E-state index is 12.5. The molecule has 1 heterocycles. The van der Waals surface area contributed by atoms with Gasteiger partial charge in [0.2, 0.25) is 0 Å². The van der Waals surface area contributed by atoms with Crippen LogP contribution in [0.5, 0.6) is 0 Å². The number of carbonyl (C=O) groups excluding carboxylic acids is 1. The zero-order valence-corrected chi connectivity index (χ0v) is 11.6. The summed E-state index contributed by atoms with van der Waals surface area (Å²) in [7, 11) is 0. The second-order valence-corrected chi connectivity index (χ2v) is 5.36. The van der Waals surface area contributed by atoms with E-state index in [2.05, 4.69) is 4.98 Å². The first-order valence-electron chi connectivity index (χ1n) is 7.20. The third-order valence-electron chi connectivity index (χ3n) is 3.65. The highest BCUT2D eigenvalue weighted by molar-refractivity contribution is 5.75. The molecule has 1 aromatic rings. The number of hydrogen-bond acceptors (Lipinski definition) is 5. The Labute approximate surface area is 117 Å². The molecule has 6 nitrogen and oxygen atoms in total. The molecule has 108 valence electrons. The second kappa shape index (κ2) is 5.26. The molecule has 6 heteroatoms. The van der Waals surface area contributed by atoms with Crippen molar-refractivity contribution < 1.29 is 9.53 Å². The van der Waals surface area contributed by atoms with E-state index < -0.39 is 0 Å². The molecule has 2 aliphatic carbocycles. The summed E-state index contributed by atoms with van der Waals surface area (Å²) < 4.78 is 6.72. The van der Waals surface area contributed by atoms with E-state index in [0.717, 1.165) is 25.7 Å². The van der Waals surface area contributed by atoms with Crippen molar-refractivity contribution in [3.63, 3.8) is 0 Å². The van der Waals surface area contributed by atoms with Crippen molar-refractivity contribution in [1.82, 2.24) is 9.55 Å². The van der Waals surface area contributed by atoms with Crippen LogP contribution >= 0.6 is 0 Å². The van der Waals surface area contributed by atoms with E-state index in [-0.39, 0.29) is 24.1 Å². The molecular formula is C14H19N3O3. The lowest BCUT2D eigenvalue weighted by Gasteiger charge is -2.22. The Morgan fingerprint density at radius 3 is 2.80 bits per heavy atom. The van der Waals surface area contributed by atoms with E-state index >= 15 is 0 Å². The first-order valence-corrected chi connectivity index (χ1v) is 7.20. The highest BCUT2D eigenvalue weighted by Gasteiger charge is 2.34. The molecule has 0 unspecified atom stereocenters. The van der Waals surface area contributed by atoms with Crippen LogP contribution in [0.3, 0.4) is 0 Å². The van der Waals surface area contributed by atoms with Gasteiger partial charge in [-0.1, -0.05) is 0 Å². The zero-order chi connectivity index (χ0) is 14.1. The standard InChI is InChI=1S/C14H19N3O3/c1-2-20-12(18)9-17(11-5-6-11)13-14(19)16(8-7-15-13)10-3-4-10/h7-8,10-11H,2-6,9H2,1H3. The Bertz CT molecular complexity index is 561. The van der Waals surface area contributed by atoms with Crippen molar-refractivity contribution in [3.05, 3.63) is 22.7 Å². The Morgan fingerprint density at radius 1 is 1.45 bits per heavy atom. The smallest absolute Gasteiger partial charge is 0.325 e. The Balaban J connectivity index is 1.85. The summed E-state index contributed by atoms with van der Waals surface area (Å²) in [6.07, 6.45) is 7.47. The Morgan fingerprint density at radius 2 is 2.20 bits per heavy atom. The van der Waals surface area contributed by atoms with Gasteiger partial charge in [-0.2, -0.15) is 0 Å². The minimum Gasteiger partial charge on any atom is -0.465 e. The van der Waals surface area contributed by atoms with Crippen molar-refractivity contribution in [2.24, 2.45) is 0 Å². The molecule has 0 amide bonds. The maximum Gasteiger partial charge on any atom is 0.325 e. The second-order valence-electron chi connectivity index (χ2n) is 5.36. The predicted molar refractivity (Wildman–Crippen MR) is 73.8 cm³/mol. The topological polar surface area (TPSA) is 64.4 Å². The van der Waals surface area contributed by atoms with E-state index in [1.807, 2.05) is 0 Å². The highest BCUT2D eigenvalue weighted by Crippen LogP contribution is 2.34. The zero-order valence-electron chi connectivity index (χ0n) is 11.6. The number of carbonyl (C=O) groups is 1. The minimum absolute atomic E-state index is 0.0915. The van der Waals surface area contributed by atoms with Gasteiger partial charge in [0.15, 0.2) is 5.82 Å². The molecule has 0 atom stereocenters. The lowest BCUT2D eigenvalue weighted by molar-refractivity contribution is -0.141. The van der Waals surface area contributed by atoms with Crippen molar-refractivity contribution in [3.8, 4) is 0 Å². The fourth-order valence-corrected chi connectivity index (χ4v) is 2.36. The molecule has 0 aromatic carbocycles.